The zero-order chi connectivity index (χ0) is 31.2. The number of carbonyl (C=O) groups is 2. The predicted octanol–water partition coefficient (Wildman–Crippen LogP) is 5.33. The number of hydrogen-bond donors (Lipinski definition) is 2. The lowest BCUT2D eigenvalue weighted by molar-refractivity contribution is -0.116. The van der Waals surface area contributed by atoms with Gasteiger partial charge >= 0.3 is 6.03 Å². The highest BCUT2D eigenvalue weighted by molar-refractivity contribution is 9.10. The average Bonchev–Trinajstić information content (AvgIpc) is 3.51. The van der Waals surface area contributed by atoms with Crippen molar-refractivity contribution < 1.29 is 9.59 Å². The fourth-order valence-corrected chi connectivity index (χ4v) is 7.51. The van der Waals surface area contributed by atoms with Gasteiger partial charge in [-0.2, -0.15) is 0 Å². The van der Waals surface area contributed by atoms with Crippen LogP contribution in [0.4, 0.5) is 4.79 Å². The third-order valence-electron chi connectivity index (χ3n) is 9.28. The summed E-state index contributed by atoms with van der Waals surface area (Å²) in [7, 11) is 0. The summed E-state index contributed by atoms with van der Waals surface area (Å²) in [6.45, 7) is 3.85. The first-order chi connectivity index (χ1) is 21.9. The summed E-state index contributed by atoms with van der Waals surface area (Å²) >= 11 is 10.1. The number of urea groups is 1. The molecule has 3 heterocycles. The van der Waals surface area contributed by atoms with E-state index in [0.29, 0.717) is 26.2 Å². The highest BCUT2D eigenvalue weighted by Crippen LogP contribution is 2.36. The second-order valence-electron chi connectivity index (χ2n) is 12.3. The van der Waals surface area contributed by atoms with Gasteiger partial charge in [0.15, 0.2) is 0 Å². The molecule has 238 valence electrons. The van der Waals surface area contributed by atoms with Crippen molar-refractivity contribution >= 4 is 39.5 Å². The van der Waals surface area contributed by atoms with Crippen molar-refractivity contribution in [3.8, 4) is 0 Å². The van der Waals surface area contributed by atoms with Crippen LogP contribution in [0.15, 0.2) is 65.8 Å². The minimum atomic E-state index is -0.241. The number of pyridine rings is 1. The van der Waals surface area contributed by atoms with Gasteiger partial charge in [-0.3, -0.25) is 14.7 Å². The Balaban J connectivity index is 1.19. The Bertz CT molecular complexity index is 1450. The number of piperazine rings is 1. The Morgan fingerprint density at radius 1 is 1.09 bits per heavy atom. The molecule has 3 aliphatic rings. The normalized spacial score (nSPS) is 20.8. The number of rotatable bonds is 8. The maximum Gasteiger partial charge on any atom is 0.318 e. The number of imidazole rings is 1. The number of nitrogens with zero attached hydrogens (tertiary/aromatic N) is 5. The van der Waals surface area contributed by atoms with E-state index < -0.39 is 0 Å². The predicted molar refractivity (Wildman–Crippen MR) is 179 cm³/mol. The van der Waals surface area contributed by atoms with Gasteiger partial charge in [-0.15, -0.1) is 0 Å². The van der Waals surface area contributed by atoms with E-state index in [2.05, 4.69) is 54.6 Å². The molecule has 11 heteroatoms. The number of halogens is 2. The summed E-state index contributed by atoms with van der Waals surface area (Å²) in [5, 5.41) is 7.00. The van der Waals surface area contributed by atoms with E-state index in [0.717, 1.165) is 66.8 Å². The molecule has 1 aromatic carbocycles. The van der Waals surface area contributed by atoms with Crippen LogP contribution in [0.5, 0.6) is 0 Å². The van der Waals surface area contributed by atoms with Crippen LogP contribution >= 0.6 is 27.5 Å². The zero-order valence-electron chi connectivity index (χ0n) is 25.5. The van der Waals surface area contributed by atoms with E-state index in [1.807, 2.05) is 34.0 Å². The van der Waals surface area contributed by atoms with Crippen molar-refractivity contribution in [2.24, 2.45) is 0 Å². The third-order valence-corrected chi connectivity index (χ3v) is 9.95. The molecule has 0 radical (unpaired) electrons. The lowest BCUT2D eigenvalue weighted by Gasteiger charge is -2.42. The van der Waals surface area contributed by atoms with Gasteiger partial charge in [0.05, 0.1) is 18.1 Å². The Kier molecular flexibility index (Phi) is 10.5. The zero-order valence-corrected chi connectivity index (χ0v) is 27.8. The topological polar surface area (TPSA) is 95.4 Å². The molecule has 2 N–H and O–H groups in total. The van der Waals surface area contributed by atoms with Crippen molar-refractivity contribution in [2.75, 3.05) is 32.7 Å². The number of hydrogen-bond acceptors (Lipinski definition) is 5. The SMILES string of the molecule is O=C(/C=C/C1CN(CC2c3ccc(Cl)cc3CCc3cc(Br)cnc32)CCN1C(=O)NC1CCCCC1)NCCn1ccnc1. The molecule has 2 unspecified atom stereocenters. The van der Waals surface area contributed by atoms with E-state index >= 15 is 0 Å². The first-order valence-corrected chi connectivity index (χ1v) is 17.2. The number of nitrogens with one attached hydrogen (secondary N) is 2. The lowest BCUT2D eigenvalue weighted by atomic mass is 9.90. The Hall–Kier alpha value is -3.21. The standard InChI is InChI=1S/C34H41BrClN7O2/c35-26-18-25-7-6-24-19-27(36)8-10-30(24)31(33(25)39-20-26)22-42-16-17-43(34(45)40-28-4-2-1-3-5-28)29(21-42)9-11-32(44)38-13-15-41-14-12-37-23-41/h8-12,14,18-20,23,28-29,31H,1-7,13,15-17,21-22H2,(H,38,44)(H,40,45)/b11-9+. The Morgan fingerprint density at radius 2 is 1.93 bits per heavy atom. The highest BCUT2D eigenvalue weighted by atomic mass is 79.9. The maximum atomic E-state index is 13.6. The molecule has 1 saturated heterocycles. The summed E-state index contributed by atoms with van der Waals surface area (Å²) in [5.41, 5.74) is 4.86. The molecular formula is C34H41BrClN7O2. The summed E-state index contributed by atoms with van der Waals surface area (Å²) in [4.78, 5) is 39.7. The van der Waals surface area contributed by atoms with E-state index in [4.69, 9.17) is 16.6 Å². The number of aryl methyl sites for hydroxylation is 2. The first kappa shape index (κ1) is 31.8. The molecule has 1 aliphatic heterocycles. The van der Waals surface area contributed by atoms with Gasteiger partial charge in [-0.1, -0.05) is 43.0 Å². The van der Waals surface area contributed by atoms with Gasteiger partial charge < -0.3 is 20.1 Å². The lowest BCUT2D eigenvalue weighted by Crippen LogP contribution is -2.58. The maximum absolute atomic E-state index is 13.6. The number of amides is 3. The minimum absolute atomic E-state index is 0.0389. The van der Waals surface area contributed by atoms with Crippen LogP contribution in [0.3, 0.4) is 0 Å². The van der Waals surface area contributed by atoms with Gasteiger partial charge in [-0.05, 0) is 76.5 Å². The van der Waals surface area contributed by atoms with Crippen molar-refractivity contribution in [3.63, 3.8) is 0 Å². The van der Waals surface area contributed by atoms with Gasteiger partial charge in [0.25, 0.3) is 0 Å². The van der Waals surface area contributed by atoms with Crippen LogP contribution in [0.25, 0.3) is 0 Å². The van der Waals surface area contributed by atoms with Crippen molar-refractivity contribution in [1.82, 2.24) is 35.0 Å². The summed E-state index contributed by atoms with van der Waals surface area (Å²) in [6.07, 6.45) is 18.1. The molecule has 2 aromatic heterocycles. The van der Waals surface area contributed by atoms with Crippen molar-refractivity contribution in [3.05, 3.63) is 93.2 Å². The average molecular weight is 695 g/mol. The Labute approximate surface area is 278 Å². The van der Waals surface area contributed by atoms with Crippen LogP contribution in [-0.4, -0.2) is 81.1 Å². The highest BCUT2D eigenvalue weighted by Gasteiger charge is 2.34. The van der Waals surface area contributed by atoms with Crippen LogP contribution in [0, 0.1) is 0 Å². The first-order valence-electron chi connectivity index (χ1n) is 16.1. The number of carbonyl (C=O) groups excluding carboxylic acids is 2. The van der Waals surface area contributed by atoms with Crippen LogP contribution in [0.2, 0.25) is 5.02 Å². The second-order valence-corrected chi connectivity index (χ2v) is 13.7. The van der Waals surface area contributed by atoms with Crippen LogP contribution in [-0.2, 0) is 24.2 Å². The largest absolute Gasteiger partial charge is 0.351 e. The van der Waals surface area contributed by atoms with Crippen LogP contribution in [0.1, 0.15) is 60.4 Å². The number of fused-ring (bicyclic) bond motifs is 2. The fourth-order valence-electron chi connectivity index (χ4n) is 6.94. The molecule has 3 aromatic rings. The van der Waals surface area contributed by atoms with Crippen molar-refractivity contribution in [2.45, 2.75) is 69.5 Å². The van der Waals surface area contributed by atoms with E-state index in [1.165, 1.54) is 23.1 Å². The summed E-state index contributed by atoms with van der Waals surface area (Å²) in [6, 6.07) is 8.35. The molecule has 0 bridgehead atoms. The molecule has 9 nitrogen and oxygen atoms in total. The van der Waals surface area contributed by atoms with E-state index in [9.17, 15) is 9.59 Å². The van der Waals surface area contributed by atoms with E-state index in [1.54, 1.807) is 18.6 Å². The monoisotopic (exact) mass is 693 g/mol. The van der Waals surface area contributed by atoms with Crippen LogP contribution < -0.4 is 10.6 Å². The quantitative estimate of drug-likeness (QED) is 0.311. The minimum Gasteiger partial charge on any atom is -0.351 e. The van der Waals surface area contributed by atoms with E-state index in [-0.39, 0.29) is 29.9 Å². The second kappa shape index (κ2) is 14.9. The fraction of sp³-hybridized carbons (Fsp3) is 0.471. The molecule has 0 spiro atoms. The molecule has 2 fully saturated rings. The third kappa shape index (κ3) is 8.15. The van der Waals surface area contributed by atoms with Gasteiger partial charge in [0, 0.05) is 85.4 Å². The smallest absolute Gasteiger partial charge is 0.318 e. The van der Waals surface area contributed by atoms with Crippen molar-refractivity contribution in [1.29, 1.82) is 0 Å². The Morgan fingerprint density at radius 3 is 2.76 bits per heavy atom. The molecule has 45 heavy (non-hydrogen) atoms. The summed E-state index contributed by atoms with van der Waals surface area (Å²) in [5.74, 6) is -0.0975. The van der Waals surface area contributed by atoms with Gasteiger partial charge in [0.2, 0.25) is 5.91 Å². The molecule has 3 amide bonds. The molecule has 1 saturated carbocycles. The molecule has 6 rings (SSSR count). The number of aromatic nitrogens is 3. The molecule has 2 aliphatic carbocycles. The number of benzene rings is 1. The van der Waals surface area contributed by atoms with Gasteiger partial charge in [0.1, 0.15) is 0 Å². The molecule has 2 atom stereocenters. The summed E-state index contributed by atoms with van der Waals surface area (Å²) < 4.78 is 2.90. The van der Waals surface area contributed by atoms with Gasteiger partial charge in [-0.25, -0.2) is 9.78 Å². The molecular weight excluding hydrogens is 654 g/mol.